The summed E-state index contributed by atoms with van der Waals surface area (Å²) in [6.07, 6.45) is 5.56. The maximum Gasteiger partial charge on any atom is 0.219 e. The molecule has 1 saturated heterocycles. The highest BCUT2D eigenvalue weighted by Crippen LogP contribution is 2.39. The lowest BCUT2D eigenvalue weighted by Crippen LogP contribution is -2.26. The Balaban J connectivity index is 1.70. The first-order chi connectivity index (χ1) is 7.74. The quantitative estimate of drug-likeness (QED) is 0.745. The first kappa shape index (κ1) is 9.81. The number of hydrogen-bond acceptors (Lipinski definition) is 3. The van der Waals surface area contributed by atoms with Crippen LogP contribution >= 0.6 is 0 Å². The number of carbonyl (C=O) groups is 1. The minimum Gasteiger partial charge on any atom is -0.341 e. The van der Waals surface area contributed by atoms with Crippen LogP contribution in [0.15, 0.2) is 6.20 Å². The van der Waals surface area contributed by atoms with Crippen molar-refractivity contribution in [3.8, 4) is 0 Å². The minimum absolute atomic E-state index is 0.157. The Kier molecular flexibility index (Phi) is 2.19. The molecule has 0 N–H and O–H groups in total. The topological polar surface area (TPSA) is 51.0 Å². The molecule has 86 valence electrons. The van der Waals surface area contributed by atoms with Crippen LogP contribution in [-0.4, -0.2) is 38.9 Å². The molecule has 1 unspecified atom stereocenters. The van der Waals surface area contributed by atoms with Crippen LogP contribution in [0.25, 0.3) is 0 Å². The van der Waals surface area contributed by atoms with Gasteiger partial charge in [-0.3, -0.25) is 4.79 Å². The van der Waals surface area contributed by atoms with E-state index in [4.69, 9.17) is 0 Å². The molecule has 1 atom stereocenters. The van der Waals surface area contributed by atoms with Crippen LogP contribution in [0.2, 0.25) is 0 Å². The van der Waals surface area contributed by atoms with Gasteiger partial charge in [0, 0.05) is 32.1 Å². The number of rotatable bonds is 2. The average Bonchev–Trinajstić information content (AvgIpc) is 2.83. The molecular formula is C11H16N4O. The summed E-state index contributed by atoms with van der Waals surface area (Å²) in [5, 5.41) is 8.38. The largest absolute Gasteiger partial charge is 0.341 e. The van der Waals surface area contributed by atoms with Gasteiger partial charge in [-0.15, -0.1) is 5.10 Å². The standard InChI is InChI=1S/C11H16N4O/c1-8(16)14-5-4-10(6-14)15-7-11(12-13-15)9-2-3-9/h7,9-10H,2-6H2,1H3. The van der Waals surface area contributed by atoms with E-state index in [9.17, 15) is 4.79 Å². The molecule has 5 nitrogen and oxygen atoms in total. The molecule has 2 aliphatic rings. The predicted octanol–water partition coefficient (Wildman–Crippen LogP) is 0.949. The highest BCUT2D eigenvalue weighted by Gasteiger charge is 2.30. The van der Waals surface area contributed by atoms with Gasteiger partial charge >= 0.3 is 0 Å². The highest BCUT2D eigenvalue weighted by molar-refractivity contribution is 5.73. The lowest BCUT2D eigenvalue weighted by molar-refractivity contribution is -0.127. The minimum atomic E-state index is 0.157. The molecule has 1 aromatic rings. The van der Waals surface area contributed by atoms with Gasteiger partial charge in [-0.1, -0.05) is 5.21 Å². The second-order valence-electron chi connectivity index (χ2n) is 4.81. The van der Waals surface area contributed by atoms with Crippen molar-refractivity contribution >= 4 is 5.91 Å². The van der Waals surface area contributed by atoms with Crippen LogP contribution in [0, 0.1) is 0 Å². The van der Waals surface area contributed by atoms with E-state index >= 15 is 0 Å². The second kappa shape index (κ2) is 3.57. The van der Waals surface area contributed by atoms with Crippen molar-refractivity contribution in [3.05, 3.63) is 11.9 Å². The van der Waals surface area contributed by atoms with Gasteiger partial charge in [-0.25, -0.2) is 4.68 Å². The fourth-order valence-corrected chi connectivity index (χ4v) is 2.28. The summed E-state index contributed by atoms with van der Waals surface area (Å²) in [4.78, 5) is 13.1. The van der Waals surface area contributed by atoms with Crippen LogP contribution in [0.4, 0.5) is 0 Å². The van der Waals surface area contributed by atoms with E-state index in [1.165, 1.54) is 12.8 Å². The third-order valence-electron chi connectivity index (χ3n) is 3.51. The van der Waals surface area contributed by atoms with Crippen LogP contribution in [0.3, 0.4) is 0 Å². The maximum atomic E-state index is 11.2. The summed E-state index contributed by atoms with van der Waals surface area (Å²) in [6.45, 7) is 3.25. The van der Waals surface area contributed by atoms with Crippen LogP contribution < -0.4 is 0 Å². The van der Waals surface area contributed by atoms with Crippen molar-refractivity contribution < 1.29 is 4.79 Å². The zero-order chi connectivity index (χ0) is 11.1. The van der Waals surface area contributed by atoms with Gasteiger partial charge < -0.3 is 4.90 Å². The Bertz CT molecular complexity index is 410. The van der Waals surface area contributed by atoms with Crippen molar-refractivity contribution in [2.45, 2.75) is 38.1 Å². The van der Waals surface area contributed by atoms with E-state index in [1.54, 1.807) is 6.92 Å². The molecule has 1 amide bonds. The molecule has 0 bridgehead atoms. The number of likely N-dealkylation sites (tertiary alicyclic amines) is 1. The number of amides is 1. The number of hydrogen-bond donors (Lipinski definition) is 0. The molecule has 2 fully saturated rings. The molecule has 16 heavy (non-hydrogen) atoms. The first-order valence-corrected chi connectivity index (χ1v) is 5.91. The third-order valence-corrected chi connectivity index (χ3v) is 3.51. The number of carbonyl (C=O) groups excluding carboxylic acids is 1. The Morgan fingerprint density at radius 1 is 1.44 bits per heavy atom. The van der Waals surface area contributed by atoms with E-state index in [-0.39, 0.29) is 5.91 Å². The normalized spacial score (nSPS) is 25.1. The molecule has 3 rings (SSSR count). The zero-order valence-electron chi connectivity index (χ0n) is 9.46. The molecule has 1 aliphatic carbocycles. The monoisotopic (exact) mass is 220 g/mol. The van der Waals surface area contributed by atoms with Crippen LogP contribution in [0.5, 0.6) is 0 Å². The van der Waals surface area contributed by atoms with Gasteiger partial charge in [-0.05, 0) is 19.3 Å². The van der Waals surface area contributed by atoms with Gasteiger partial charge in [-0.2, -0.15) is 0 Å². The van der Waals surface area contributed by atoms with Crippen LogP contribution in [-0.2, 0) is 4.79 Å². The Hall–Kier alpha value is -1.39. The molecule has 0 aromatic carbocycles. The number of nitrogens with zero attached hydrogens (tertiary/aromatic N) is 4. The van der Waals surface area contributed by atoms with Gasteiger partial charge in [0.25, 0.3) is 0 Å². The summed E-state index contributed by atoms with van der Waals surface area (Å²) in [5.41, 5.74) is 1.13. The summed E-state index contributed by atoms with van der Waals surface area (Å²) >= 11 is 0. The van der Waals surface area contributed by atoms with Gasteiger partial charge in [0.15, 0.2) is 0 Å². The Labute approximate surface area is 94.4 Å². The Morgan fingerprint density at radius 3 is 2.88 bits per heavy atom. The first-order valence-electron chi connectivity index (χ1n) is 5.91. The number of aromatic nitrogens is 3. The zero-order valence-corrected chi connectivity index (χ0v) is 9.46. The van der Waals surface area contributed by atoms with Crippen molar-refractivity contribution in [2.75, 3.05) is 13.1 Å². The smallest absolute Gasteiger partial charge is 0.219 e. The van der Waals surface area contributed by atoms with Crippen molar-refractivity contribution in [3.63, 3.8) is 0 Å². The van der Waals surface area contributed by atoms with E-state index in [0.717, 1.165) is 25.2 Å². The molecule has 1 saturated carbocycles. The molecule has 2 heterocycles. The maximum absolute atomic E-state index is 11.2. The van der Waals surface area contributed by atoms with Crippen molar-refractivity contribution in [2.24, 2.45) is 0 Å². The van der Waals surface area contributed by atoms with Gasteiger partial charge in [0.1, 0.15) is 0 Å². The summed E-state index contributed by atoms with van der Waals surface area (Å²) in [5.74, 6) is 0.809. The average molecular weight is 220 g/mol. The van der Waals surface area contributed by atoms with Gasteiger partial charge in [0.2, 0.25) is 5.91 Å². The van der Waals surface area contributed by atoms with E-state index in [1.807, 2.05) is 9.58 Å². The lowest BCUT2D eigenvalue weighted by Gasteiger charge is -2.13. The van der Waals surface area contributed by atoms with Crippen LogP contribution in [0.1, 0.15) is 43.8 Å². The van der Waals surface area contributed by atoms with E-state index < -0.39 is 0 Å². The second-order valence-corrected chi connectivity index (χ2v) is 4.81. The SMILES string of the molecule is CC(=O)N1CCC(n2cc(C3CC3)nn2)C1. The van der Waals surface area contributed by atoms with Crippen molar-refractivity contribution in [1.82, 2.24) is 19.9 Å². The summed E-state index contributed by atoms with van der Waals surface area (Å²) in [7, 11) is 0. The molecule has 0 radical (unpaired) electrons. The predicted molar refractivity (Wildman–Crippen MR) is 57.9 cm³/mol. The van der Waals surface area contributed by atoms with Crippen molar-refractivity contribution in [1.29, 1.82) is 0 Å². The molecule has 5 heteroatoms. The molecular weight excluding hydrogens is 204 g/mol. The summed E-state index contributed by atoms with van der Waals surface area (Å²) < 4.78 is 1.94. The van der Waals surface area contributed by atoms with E-state index in [2.05, 4.69) is 16.5 Å². The lowest BCUT2D eigenvalue weighted by atomic mass is 10.2. The fraction of sp³-hybridized carbons (Fsp3) is 0.727. The molecule has 0 spiro atoms. The summed E-state index contributed by atoms with van der Waals surface area (Å²) in [6, 6.07) is 0.323. The Morgan fingerprint density at radius 2 is 2.25 bits per heavy atom. The molecule has 1 aliphatic heterocycles. The van der Waals surface area contributed by atoms with Gasteiger partial charge in [0.05, 0.1) is 11.7 Å². The molecule has 1 aromatic heterocycles. The third kappa shape index (κ3) is 1.70. The fourth-order valence-electron chi connectivity index (χ4n) is 2.28. The highest BCUT2D eigenvalue weighted by atomic mass is 16.2. The van der Waals surface area contributed by atoms with E-state index in [0.29, 0.717) is 12.0 Å².